The van der Waals surface area contributed by atoms with E-state index in [4.69, 9.17) is 4.74 Å². The van der Waals surface area contributed by atoms with Gasteiger partial charge in [0.2, 0.25) is 5.91 Å². The standard InChI is InChI=1S/C33H35N3O5/c37-30(38)16-18-36(24-14-15-24)31(39)33(17-19-35(22-33)20-23-8-2-1-3-9-23)34-32(40)41-21-29-27-12-6-4-10-25(27)26-11-5-7-13-28(26)29/h1-13,24,29H,14-22H2,(H,34,40)(H,37,38). The second-order valence-electron chi connectivity index (χ2n) is 11.4. The van der Waals surface area contributed by atoms with Crippen molar-refractivity contribution in [3.63, 3.8) is 0 Å². The zero-order valence-corrected chi connectivity index (χ0v) is 23.0. The Labute approximate surface area is 239 Å². The Kier molecular flexibility index (Phi) is 7.49. The first-order valence-corrected chi connectivity index (χ1v) is 14.4. The van der Waals surface area contributed by atoms with Crippen molar-refractivity contribution in [1.82, 2.24) is 15.1 Å². The molecule has 0 bridgehead atoms. The Morgan fingerprint density at radius 1 is 0.927 bits per heavy atom. The third-order valence-corrected chi connectivity index (χ3v) is 8.51. The van der Waals surface area contributed by atoms with Crippen molar-refractivity contribution in [2.24, 2.45) is 0 Å². The fourth-order valence-electron chi connectivity index (χ4n) is 6.35. The molecule has 1 aliphatic heterocycles. The van der Waals surface area contributed by atoms with Crippen molar-refractivity contribution in [3.8, 4) is 11.1 Å². The number of benzene rings is 3. The van der Waals surface area contributed by atoms with Gasteiger partial charge in [0.05, 0.1) is 6.42 Å². The molecule has 1 atom stereocenters. The van der Waals surface area contributed by atoms with Crippen molar-refractivity contribution < 1.29 is 24.2 Å². The highest BCUT2D eigenvalue weighted by molar-refractivity contribution is 5.91. The molecule has 3 aliphatic rings. The summed E-state index contributed by atoms with van der Waals surface area (Å²) in [6, 6.07) is 26.4. The van der Waals surface area contributed by atoms with Crippen molar-refractivity contribution in [2.45, 2.75) is 49.7 Å². The van der Waals surface area contributed by atoms with E-state index in [9.17, 15) is 19.5 Å². The molecule has 2 N–H and O–H groups in total. The molecule has 0 radical (unpaired) electrons. The zero-order valence-electron chi connectivity index (χ0n) is 23.0. The maximum Gasteiger partial charge on any atom is 0.408 e. The Bertz CT molecular complexity index is 1390. The maximum atomic E-state index is 14.1. The number of carboxylic acids is 1. The Balaban J connectivity index is 1.20. The van der Waals surface area contributed by atoms with Crippen LogP contribution < -0.4 is 5.32 Å². The van der Waals surface area contributed by atoms with Crippen LogP contribution in [0.2, 0.25) is 0 Å². The number of nitrogens with one attached hydrogen (secondary N) is 1. The van der Waals surface area contributed by atoms with Crippen LogP contribution in [0.1, 0.15) is 48.3 Å². The fourth-order valence-corrected chi connectivity index (χ4v) is 6.35. The summed E-state index contributed by atoms with van der Waals surface area (Å²) in [4.78, 5) is 42.7. The molecule has 8 heteroatoms. The van der Waals surface area contributed by atoms with Gasteiger partial charge in [0.25, 0.3) is 0 Å². The summed E-state index contributed by atoms with van der Waals surface area (Å²) in [5.74, 6) is -1.25. The first-order valence-electron chi connectivity index (χ1n) is 14.4. The highest BCUT2D eigenvalue weighted by Crippen LogP contribution is 2.44. The lowest BCUT2D eigenvalue weighted by molar-refractivity contribution is -0.141. The Morgan fingerprint density at radius 2 is 1.56 bits per heavy atom. The van der Waals surface area contributed by atoms with E-state index < -0.39 is 17.6 Å². The van der Waals surface area contributed by atoms with E-state index >= 15 is 0 Å². The van der Waals surface area contributed by atoms with E-state index in [-0.39, 0.29) is 37.4 Å². The number of hydrogen-bond donors (Lipinski definition) is 2. The van der Waals surface area contributed by atoms with Crippen LogP contribution in [0.25, 0.3) is 11.1 Å². The van der Waals surface area contributed by atoms with Crippen LogP contribution in [0.4, 0.5) is 4.79 Å². The number of carbonyl (C=O) groups is 3. The molecule has 212 valence electrons. The van der Waals surface area contributed by atoms with E-state index in [0.717, 1.165) is 40.7 Å². The van der Waals surface area contributed by atoms with Gasteiger partial charge < -0.3 is 20.1 Å². The molecule has 0 aromatic heterocycles. The number of carbonyl (C=O) groups excluding carboxylic acids is 2. The highest BCUT2D eigenvalue weighted by Gasteiger charge is 2.50. The van der Waals surface area contributed by atoms with Gasteiger partial charge in [-0.1, -0.05) is 78.9 Å². The lowest BCUT2D eigenvalue weighted by atomic mass is 9.96. The van der Waals surface area contributed by atoms with Gasteiger partial charge in [-0.15, -0.1) is 0 Å². The number of rotatable bonds is 10. The quantitative estimate of drug-likeness (QED) is 0.380. The predicted octanol–water partition coefficient (Wildman–Crippen LogP) is 4.64. The first kappa shape index (κ1) is 27.0. The second-order valence-corrected chi connectivity index (χ2v) is 11.4. The van der Waals surface area contributed by atoms with E-state index in [0.29, 0.717) is 26.1 Å². The molecule has 1 unspecified atom stereocenters. The maximum absolute atomic E-state index is 14.1. The van der Waals surface area contributed by atoms with Crippen molar-refractivity contribution in [3.05, 3.63) is 95.6 Å². The summed E-state index contributed by atoms with van der Waals surface area (Å²) < 4.78 is 5.85. The molecule has 2 amide bonds. The van der Waals surface area contributed by atoms with Crippen LogP contribution in [-0.2, 0) is 20.9 Å². The number of ether oxygens (including phenoxy) is 1. The average Bonchev–Trinajstić information content (AvgIpc) is 3.66. The number of amides is 2. The second kappa shape index (κ2) is 11.4. The van der Waals surface area contributed by atoms with E-state index in [1.807, 2.05) is 54.6 Å². The summed E-state index contributed by atoms with van der Waals surface area (Å²) in [7, 11) is 0. The molecular weight excluding hydrogens is 518 g/mol. The zero-order chi connectivity index (χ0) is 28.4. The molecule has 8 nitrogen and oxygen atoms in total. The van der Waals surface area contributed by atoms with E-state index in [1.165, 1.54) is 0 Å². The Hall–Kier alpha value is -4.17. The summed E-state index contributed by atoms with van der Waals surface area (Å²) in [5.41, 5.74) is 4.48. The first-order chi connectivity index (χ1) is 19.9. The molecule has 1 heterocycles. The minimum absolute atomic E-state index is 0.0196. The van der Waals surface area contributed by atoms with E-state index in [1.54, 1.807) is 4.90 Å². The summed E-state index contributed by atoms with van der Waals surface area (Å²) in [5, 5.41) is 12.3. The number of carboxylic acid groups (broad SMARTS) is 1. The highest BCUT2D eigenvalue weighted by atomic mass is 16.5. The fraction of sp³-hybridized carbons (Fsp3) is 0.364. The van der Waals surface area contributed by atoms with Crippen molar-refractivity contribution >= 4 is 18.0 Å². The number of alkyl carbamates (subject to hydrolysis) is 1. The molecule has 3 aromatic rings. The number of nitrogens with zero attached hydrogens (tertiary/aromatic N) is 2. The molecule has 1 saturated heterocycles. The van der Waals surface area contributed by atoms with Gasteiger partial charge >= 0.3 is 12.1 Å². The van der Waals surface area contributed by atoms with Crippen LogP contribution in [0.15, 0.2) is 78.9 Å². The average molecular weight is 554 g/mol. The molecule has 0 spiro atoms. The predicted molar refractivity (Wildman–Crippen MR) is 154 cm³/mol. The van der Waals surface area contributed by atoms with Gasteiger partial charge in [-0.05, 0) is 47.1 Å². The largest absolute Gasteiger partial charge is 0.481 e. The Morgan fingerprint density at radius 3 is 2.20 bits per heavy atom. The lowest BCUT2D eigenvalue weighted by Crippen LogP contribution is -2.62. The van der Waals surface area contributed by atoms with Crippen LogP contribution in [-0.4, -0.2) is 70.7 Å². The van der Waals surface area contributed by atoms with Crippen molar-refractivity contribution in [2.75, 3.05) is 26.2 Å². The summed E-state index contributed by atoms with van der Waals surface area (Å²) in [6.45, 7) is 1.90. The topological polar surface area (TPSA) is 99.2 Å². The third-order valence-electron chi connectivity index (χ3n) is 8.51. The van der Waals surface area contributed by atoms with Crippen LogP contribution in [0, 0.1) is 0 Å². The third kappa shape index (κ3) is 5.70. The molecule has 3 aromatic carbocycles. The smallest absolute Gasteiger partial charge is 0.408 e. The normalized spacial score (nSPS) is 19.8. The molecule has 2 fully saturated rings. The van der Waals surface area contributed by atoms with Crippen LogP contribution in [0.3, 0.4) is 0 Å². The lowest BCUT2D eigenvalue weighted by Gasteiger charge is -2.35. The minimum atomic E-state index is -1.18. The molecule has 6 rings (SSSR count). The minimum Gasteiger partial charge on any atom is -0.481 e. The van der Waals surface area contributed by atoms with Crippen LogP contribution in [0.5, 0.6) is 0 Å². The van der Waals surface area contributed by atoms with Gasteiger partial charge in [-0.3, -0.25) is 14.5 Å². The summed E-state index contributed by atoms with van der Waals surface area (Å²) in [6.07, 6.45) is 1.37. The van der Waals surface area contributed by atoms with Gasteiger partial charge in [0, 0.05) is 38.1 Å². The molecule has 1 saturated carbocycles. The number of likely N-dealkylation sites (tertiary alicyclic amines) is 1. The number of fused-ring (bicyclic) bond motifs is 3. The van der Waals surface area contributed by atoms with Gasteiger partial charge in [-0.2, -0.15) is 0 Å². The molecule has 41 heavy (non-hydrogen) atoms. The molecule has 2 aliphatic carbocycles. The van der Waals surface area contributed by atoms with Crippen LogP contribution >= 0.6 is 0 Å². The SMILES string of the molecule is O=C(O)CCN(C(=O)C1(NC(=O)OCC2c3ccccc3-c3ccccc32)CCN(Cc2ccccc2)C1)C1CC1. The van der Waals surface area contributed by atoms with Gasteiger partial charge in [0.1, 0.15) is 12.1 Å². The molecular formula is C33H35N3O5. The van der Waals surface area contributed by atoms with E-state index in [2.05, 4.69) is 34.5 Å². The van der Waals surface area contributed by atoms with Crippen molar-refractivity contribution in [1.29, 1.82) is 0 Å². The van der Waals surface area contributed by atoms with Gasteiger partial charge in [-0.25, -0.2) is 4.79 Å². The summed E-state index contributed by atoms with van der Waals surface area (Å²) >= 11 is 0. The monoisotopic (exact) mass is 553 g/mol. The number of hydrogen-bond acceptors (Lipinski definition) is 5. The van der Waals surface area contributed by atoms with Gasteiger partial charge in [0.15, 0.2) is 0 Å². The number of aliphatic carboxylic acids is 1.